The van der Waals surface area contributed by atoms with Crippen LogP contribution < -0.4 is 0 Å². The first-order valence-electron chi connectivity index (χ1n) is 4.95. The predicted octanol–water partition coefficient (Wildman–Crippen LogP) is 3.16. The van der Waals surface area contributed by atoms with Crippen molar-refractivity contribution in [2.45, 2.75) is 31.1 Å². The molecule has 1 nitrogen and oxygen atoms in total. The van der Waals surface area contributed by atoms with Crippen LogP contribution in [-0.2, 0) is 5.41 Å². The fraction of sp³-hybridized carbons (Fsp3) is 0.417. The lowest BCUT2D eigenvalue weighted by molar-refractivity contribution is 0.515. The fourth-order valence-electron chi connectivity index (χ4n) is 2.27. The lowest BCUT2D eigenvalue weighted by Gasteiger charge is -2.20. The van der Waals surface area contributed by atoms with Gasteiger partial charge in [-0.05, 0) is 18.9 Å². The molecule has 0 unspecified atom stereocenters. The first kappa shape index (κ1) is 9.21. The van der Waals surface area contributed by atoms with Crippen LogP contribution in [0.1, 0.15) is 31.2 Å². The molecule has 0 atom stereocenters. The smallest absolute Gasteiger partial charge is 0.128 e. The number of benzene rings is 1. The molecule has 0 heterocycles. The van der Waals surface area contributed by atoms with E-state index in [1.165, 1.54) is 6.07 Å². The van der Waals surface area contributed by atoms with E-state index in [4.69, 9.17) is 0 Å². The van der Waals surface area contributed by atoms with Crippen molar-refractivity contribution in [3.63, 3.8) is 0 Å². The van der Waals surface area contributed by atoms with Crippen molar-refractivity contribution in [1.82, 2.24) is 0 Å². The third-order valence-electron chi connectivity index (χ3n) is 3.06. The van der Waals surface area contributed by atoms with Crippen LogP contribution in [0.25, 0.3) is 0 Å². The molecule has 2 heteroatoms. The molecule has 1 saturated carbocycles. The first-order chi connectivity index (χ1) is 6.78. The Morgan fingerprint density at radius 2 is 1.86 bits per heavy atom. The molecular weight excluding hydrogens is 177 g/mol. The van der Waals surface area contributed by atoms with Crippen LogP contribution in [0, 0.1) is 17.1 Å². The van der Waals surface area contributed by atoms with Crippen LogP contribution in [-0.4, -0.2) is 0 Å². The molecule has 2 rings (SSSR count). The van der Waals surface area contributed by atoms with Gasteiger partial charge in [0, 0.05) is 5.56 Å². The van der Waals surface area contributed by atoms with Gasteiger partial charge in [-0.25, -0.2) is 4.39 Å². The SMILES string of the molecule is N#CC1(c2ccccc2F)CCCC1. The minimum Gasteiger partial charge on any atom is -0.207 e. The van der Waals surface area contributed by atoms with Crippen LogP contribution >= 0.6 is 0 Å². The number of halogens is 1. The third kappa shape index (κ3) is 1.29. The Hall–Kier alpha value is -1.36. The van der Waals surface area contributed by atoms with Gasteiger partial charge in [0.2, 0.25) is 0 Å². The molecule has 0 aromatic heterocycles. The number of nitrogens with zero attached hydrogens (tertiary/aromatic N) is 1. The molecule has 0 bridgehead atoms. The van der Waals surface area contributed by atoms with Gasteiger partial charge in [-0.2, -0.15) is 5.26 Å². The molecule has 0 saturated heterocycles. The summed E-state index contributed by atoms with van der Waals surface area (Å²) < 4.78 is 13.5. The van der Waals surface area contributed by atoms with E-state index < -0.39 is 5.41 Å². The largest absolute Gasteiger partial charge is 0.207 e. The Bertz CT molecular complexity index is 372. The maximum absolute atomic E-state index is 13.5. The zero-order chi connectivity index (χ0) is 10.0. The highest BCUT2D eigenvalue weighted by molar-refractivity contribution is 5.34. The Morgan fingerprint density at radius 1 is 1.21 bits per heavy atom. The number of rotatable bonds is 1. The average molecular weight is 189 g/mol. The Balaban J connectivity index is 2.47. The zero-order valence-electron chi connectivity index (χ0n) is 7.96. The van der Waals surface area contributed by atoms with Crippen LogP contribution in [0.15, 0.2) is 24.3 Å². The number of hydrogen-bond donors (Lipinski definition) is 0. The maximum atomic E-state index is 13.5. The molecule has 1 aromatic rings. The summed E-state index contributed by atoms with van der Waals surface area (Å²) in [6.07, 6.45) is 3.65. The van der Waals surface area contributed by atoms with Crippen molar-refractivity contribution < 1.29 is 4.39 Å². The summed E-state index contributed by atoms with van der Waals surface area (Å²) in [6, 6.07) is 8.94. The number of nitriles is 1. The molecule has 14 heavy (non-hydrogen) atoms. The van der Waals surface area contributed by atoms with Crippen molar-refractivity contribution in [3.05, 3.63) is 35.6 Å². The highest BCUT2D eigenvalue weighted by Crippen LogP contribution is 2.41. The zero-order valence-corrected chi connectivity index (χ0v) is 7.96. The van der Waals surface area contributed by atoms with Gasteiger partial charge in [0.15, 0.2) is 0 Å². The van der Waals surface area contributed by atoms with Crippen LogP contribution in [0.5, 0.6) is 0 Å². The summed E-state index contributed by atoms with van der Waals surface area (Å²) in [5.41, 5.74) is 0.0331. The second kappa shape index (κ2) is 3.42. The molecule has 0 aliphatic heterocycles. The molecule has 72 valence electrons. The van der Waals surface area contributed by atoms with Crippen molar-refractivity contribution in [3.8, 4) is 6.07 Å². The summed E-state index contributed by atoms with van der Waals surface area (Å²) in [5.74, 6) is -0.240. The van der Waals surface area contributed by atoms with Crippen LogP contribution in [0.4, 0.5) is 4.39 Å². The predicted molar refractivity (Wildman–Crippen MR) is 52.2 cm³/mol. The van der Waals surface area contributed by atoms with Crippen molar-refractivity contribution in [2.75, 3.05) is 0 Å². The summed E-state index contributed by atoms with van der Waals surface area (Å²) in [5, 5.41) is 9.18. The molecule has 0 amide bonds. The van der Waals surface area contributed by atoms with Crippen molar-refractivity contribution in [2.24, 2.45) is 0 Å². The molecule has 0 radical (unpaired) electrons. The van der Waals surface area contributed by atoms with Crippen LogP contribution in [0.2, 0.25) is 0 Å². The Labute approximate surface area is 83.2 Å². The highest BCUT2D eigenvalue weighted by Gasteiger charge is 2.37. The van der Waals surface area contributed by atoms with E-state index in [1.54, 1.807) is 18.2 Å². The summed E-state index contributed by atoms with van der Waals surface area (Å²) in [4.78, 5) is 0. The first-order valence-corrected chi connectivity index (χ1v) is 4.95. The molecule has 0 N–H and O–H groups in total. The van der Waals surface area contributed by atoms with Gasteiger partial charge in [-0.3, -0.25) is 0 Å². The monoisotopic (exact) mass is 189 g/mol. The summed E-state index contributed by atoms with van der Waals surface area (Å²) in [6.45, 7) is 0. The Kier molecular flexibility index (Phi) is 2.25. The van der Waals surface area contributed by atoms with Gasteiger partial charge in [-0.15, -0.1) is 0 Å². The highest BCUT2D eigenvalue weighted by atomic mass is 19.1. The molecule has 0 spiro atoms. The lowest BCUT2D eigenvalue weighted by atomic mass is 9.80. The fourth-order valence-corrected chi connectivity index (χ4v) is 2.27. The number of hydrogen-bond acceptors (Lipinski definition) is 1. The standard InChI is InChI=1S/C12H12FN/c13-11-6-2-1-5-10(11)12(9-14)7-3-4-8-12/h1-2,5-6H,3-4,7-8H2. The van der Waals surface area contributed by atoms with Gasteiger partial charge >= 0.3 is 0 Å². The molecular formula is C12H12FN. The second-order valence-electron chi connectivity index (χ2n) is 3.88. The van der Waals surface area contributed by atoms with Crippen molar-refractivity contribution >= 4 is 0 Å². The van der Waals surface area contributed by atoms with E-state index in [-0.39, 0.29) is 5.82 Å². The van der Waals surface area contributed by atoms with Gasteiger partial charge in [0.1, 0.15) is 5.82 Å². The minimum absolute atomic E-state index is 0.240. The maximum Gasteiger partial charge on any atom is 0.128 e. The van der Waals surface area contributed by atoms with Gasteiger partial charge in [0.05, 0.1) is 11.5 Å². The molecule has 1 fully saturated rings. The van der Waals surface area contributed by atoms with E-state index in [0.29, 0.717) is 5.56 Å². The minimum atomic E-state index is -0.550. The normalized spacial score (nSPS) is 19.1. The van der Waals surface area contributed by atoms with Crippen molar-refractivity contribution in [1.29, 1.82) is 5.26 Å². The quantitative estimate of drug-likeness (QED) is 0.665. The van der Waals surface area contributed by atoms with Crippen LogP contribution in [0.3, 0.4) is 0 Å². The van der Waals surface area contributed by atoms with E-state index in [0.717, 1.165) is 25.7 Å². The van der Waals surface area contributed by atoms with E-state index >= 15 is 0 Å². The molecule has 1 aromatic carbocycles. The second-order valence-corrected chi connectivity index (χ2v) is 3.88. The van der Waals surface area contributed by atoms with Gasteiger partial charge < -0.3 is 0 Å². The van der Waals surface area contributed by atoms with E-state index in [9.17, 15) is 9.65 Å². The summed E-state index contributed by atoms with van der Waals surface area (Å²) in [7, 11) is 0. The van der Waals surface area contributed by atoms with Gasteiger partial charge in [-0.1, -0.05) is 31.0 Å². The third-order valence-corrected chi connectivity index (χ3v) is 3.06. The Morgan fingerprint density at radius 3 is 2.43 bits per heavy atom. The lowest BCUT2D eigenvalue weighted by Crippen LogP contribution is -2.20. The van der Waals surface area contributed by atoms with Gasteiger partial charge in [0.25, 0.3) is 0 Å². The average Bonchev–Trinajstić information content (AvgIpc) is 2.68. The molecule has 1 aliphatic rings. The topological polar surface area (TPSA) is 23.8 Å². The molecule has 1 aliphatic carbocycles. The summed E-state index contributed by atoms with van der Waals surface area (Å²) >= 11 is 0. The van der Waals surface area contributed by atoms with E-state index in [2.05, 4.69) is 6.07 Å². The van der Waals surface area contributed by atoms with E-state index in [1.807, 2.05) is 0 Å².